The second-order valence-corrected chi connectivity index (χ2v) is 5.54. The summed E-state index contributed by atoms with van der Waals surface area (Å²) in [6.45, 7) is 7.15. The van der Waals surface area contributed by atoms with Crippen molar-refractivity contribution in [2.45, 2.75) is 40.0 Å². The Morgan fingerprint density at radius 2 is 2.10 bits per heavy atom. The lowest BCUT2D eigenvalue weighted by Gasteiger charge is -2.07. The van der Waals surface area contributed by atoms with E-state index in [0.717, 1.165) is 41.9 Å². The molecule has 2 aromatic heterocycles. The highest BCUT2D eigenvalue weighted by Crippen LogP contribution is 2.29. The highest BCUT2D eigenvalue weighted by molar-refractivity contribution is 5.62. The van der Waals surface area contributed by atoms with Gasteiger partial charge in [-0.2, -0.15) is 5.10 Å². The quantitative estimate of drug-likeness (QED) is 0.877. The molecular weight excluding hydrogens is 250 g/mol. The maximum absolute atomic E-state index is 4.52. The SMILES string of the molecule is CCc1[nH]nc(-c2cc(NCC3CC3)nc(C)n2)c1C. The van der Waals surface area contributed by atoms with Crippen LogP contribution in [0.25, 0.3) is 11.4 Å². The van der Waals surface area contributed by atoms with Gasteiger partial charge in [-0.1, -0.05) is 6.92 Å². The molecule has 0 aliphatic heterocycles. The molecule has 5 heteroatoms. The van der Waals surface area contributed by atoms with Crippen LogP contribution in [0, 0.1) is 19.8 Å². The first-order valence-electron chi connectivity index (χ1n) is 7.31. The van der Waals surface area contributed by atoms with Crippen LogP contribution in [0.4, 0.5) is 5.82 Å². The molecule has 0 saturated heterocycles. The smallest absolute Gasteiger partial charge is 0.130 e. The average Bonchev–Trinajstić information content (AvgIpc) is 3.18. The summed E-state index contributed by atoms with van der Waals surface area (Å²) in [6.07, 6.45) is 3.63. The number of aromatic amines is 1. The summed E-state index contributed by atoms with van der Waals surface area (Å²) in [5, 5.41) is 10.9. The maximum atomic E-state index is 4.52. The second-order valence-electron chi connectivity index (χ2n) is 5.54. The van der Waals surface area contributed by atoms with Crippen LogP contribution in [0.5, 0.6) is 0 Å². The number of nitrogens with one attached hydrogen (secondary N) is 2. The highest BCUT2D eigenvalue weighted by Gasteiger charge is 2.21. The van der Waals surface area contributed by atoms with Gasteiger partial charge in [-0.25, -0.2) is 9.97 Å². The molecule has 1 saturated carbocycles. The van der Waals surface area contributed by atoms with Crippen molar-refractivity contribution in [3.8, 4) is 11.4 Å². The van der Waals surface area contributed by atoms with Crippen molar-refractivity contribution >= 4 is 5.82 Å². The first kappa shape index (κ1) is 13.1. The van der Waals surface area contributed by atoms with Crippen LogP contribution in [-0.4, -0.2) is 26.7 Å². The zero-order chi connectivity index (χ0) is 14.1. The number of anilines is 1. The Hall–Kier alpha value is -1.91. The lowest BCUT2D eigenvalue weighted by molar-refractivity contribution is 0.877. The van der Waals surface area contributed by atoms with Crippen molar-refractivity contribution in [2.75, 3.05) is 11.9 Å². The summed E-state index contributed by atoms with van der Waals surface area (Å²) in [4.78, 5) is 8.98. The van der Waals surface area contributed by atoms with E-state index < -0.39 is 0 Å². The van der Waals surface area contributed by atoms with Gasteiger partial charge < -0.3 is 5.32 Å². The molecular formula is C15H21N5. The summed E-state index contributed by atoms with van der Waals surface area (Å²) in [6, 6.07) is 2.00. The van der Waals surface area contributed by atoms with Gasteiger partial charge in [0.2, 0.25) is 0 Å². The minimum absolute atomic E-state index is 0.779. The molecule has 2 N–H and O–H groups in total. The Kier molecular flexibility index (Phi) is 3.42. The number of hydrogen-bond acceptors (Lipinski definition) is 4. The molecule has 2 aromatic rings. The normalized spacial score (nSPS) is 14.6. The van der Waals surface area contributed by atoms with Gasteiger partial charge >= 0.3 is 0 Å². The van der Waals surface area contributed by atoms with Crippen LogP contribution in [0.3, 0.4) is 0 Å². The molecule has 0 atom stereocenters. The molecule has 0 radical (unpaired) electrons. The summed E-state index contributed by atoms with van der Waals surface area (Å²) in [5.74, 6) is 2.51. The van der Waals surface area contributed by atoms with E-state index >= 15 is 0 Å². The molecule has 2 heterocycles. The first-order valence-corrected chi connectivity index (χ1v) is 7.31. The van der Waals surface area contributed by atoms with Crippen LogP contribution < -0.4 is 5.32 Å². The van der Waals surface area contributed by atoms with Crippen LogP contribution in [0.2, 0.25) is 0 Å². The molecule has 3 rings (SSSR count). The molecule has 0 bridgehead atoms. The lowest BCUT2D eigenvalue weighted by Crippen LogP contribution is -2.07. The Morgan fingerprint density at radius 3 is 2.75 bits per heavy atom. The van der Waals surface area contributed by atoms with Gasteiger partial charge in [0.05, 0.1) is 5.69 Å². The third-order valence-corrected chi connectivity index (χ3v) is 3.81. The number of H-pyrrole nitrogens is 1. The van der Waals surface area contributed by atoms with E-state index in [2.05, 4.69) is 39.3 Å². The van der Waals surface area contributed by atoms with Gasteiger partial charge in [0, 0.05) is 18.3 Å². The Labute approximate surface area is 119 Å². The Balaban J connectivity index is 1.89. The van der Waals surface area contributed by atoms with E-state index in [4.69, 9.17) is 0 Å². The largest absolute Gasteiger partial charge is 0.370 e. The zero-order valence-corrected chi connectivity index (χ0v) is 12.3. The highest BCUT2D eigenvalue weighted by atomic mass is 15.1. The fraction of sp³-hybridized carbons (Fsp3) is 0.533. The monoisotopic (exact) mass is 271 g/mol. The van der Waals surface area contributed by atoms with Crippen molar-refractivity contribution in [3.63, 3.8) is 0 Å². The van der Waals surface area contributed by atoms with Gasteiger partial charge in [0.1, 0.15) is 17.3 Å². The zero-order valence-electron chi connectivity index (χ0n) is 12.3. The molecule has 0 aromatic carbocycles. The van der Waals surface area contributed by atoms with Crippen LogP contribution in [0.15, 0.2) is 6.07 Å². The van der Waals surface area contributed by atoms with Crippen molar-refractivity contribution < 1.29 is 0 Å². The van der Waals surface area contributed by atoms with Crippen molar-refractivity contribution in [1.29, 1.82) is 0 Å². The standard InChI is InChI=1S/C15H21N5/c1-4-12-9(2)15(20-19-12)13-7-14(18-10(3)17-13)16-8-11-5-6-11/h7,11H,4-6,8H2,1-3H3,(H,19,20)(H,16,17,18). The number of hydrogen-bond donors (Lipinski definition) is 2. The van der Waals surface area contributed by atoms with E-state index in [9.17, 15) is 0 Å². The van der Waals surface area contributed by atoms with Crippen LogP contribution >= 0.6 is 0 Å². The molecule has 0 unspecified atom stereocenters. The van der Waals surface area contributed by atoms with Gasteiger partial charge in [-0.15, -0.1) is 0 Å². The molecule has 1 aliphatic rings. The fourth-order valence-corrected chi connectivity index (χ4v) is 2.38. The molecule has 0 spiro atoms. The average molecular weight is 271 g/mol. The molecule has 0 amide bonds. The minimum Gasteiger partial charge on any atom is -0.370 e. The van der Waals surface area contributed by atoms with Gasteiger partial charge in [0.25, 0.3) is 0 Å². The van der Waals surface area contributed by atoms with E-state index in [1.54, 1.807) is 0 Å². The number of aryl methyl sites for hydroxylation is 2. The number of nitrogens with zero attached hydrogens (tertiary/aromatic N) is 3. The van der Waals surface area contributed by atoms with Crippen molar-refractivity contribution in [3.05, 3.63) is 23.1 Å². The third kappa shape index (κ3) is 2.66. The van der Waals surface area contributed by atoms with Gasteiger partial charge in [0.15, 0.2) is 0 Å². The Morgan fingerprint density at radius 1 is 1.30 bits per heavy atom. The first-order chi connectivity index (χ1) is 9.67. The predicted molar refractivity (Wildman–Crippen MR) is 79.7 cm³/mol. The maximum Gasteiger partial charge on any atom is 0.130 e. The summed E-state index contributed by atoms with van der Waals surface area (Å²) >= 11 is 0. The van der Waals surface area contributed by atoms with Gasteiger partial charge in [-0.3, -0.25) is 5.10 Å². The topological polar surface area (TPSA) is 66.5 Å². The third-order valence-electron chi connectivity index (χ3n) is 3.81. The van der Waals surface area contributed by atoms with E-state index in [-0.39, 0.29) is 0 Å². The van der Waals surface area contributed by atoms with Gasteiger partial charge in [-0.05, 0) is 44.6 Å². The number of rotatable bonds is 5. The van der Waals surface area contributed by atoms with Crippen molar-refractivity contribution in [1.82, 2.24) is 20.2 Å². The lowest BCUT2D eigenvalue weighted by atomic mass is 10.1. The summed E-state index contributed by atoms with van der Waals surface area (Å²) in [7, 11) is 0. The molecule has 106 valence electrons. The Bertz CT molecular complexity index is 613. The molecule has 1 aliphatic carbocycles. The summed E-state index contributed by atoms with van der Waals surface area (Å²) < 4.78 is 0. The minimum atomic E-state index is 0.779. The molecule has 20 heavy (non-hydrogen) atoms. The van der Waals surface area contributed by atoms with E-state index in [1.807, 2.05) is 13.0 Å². The molecule has 1 fully saturated rings. The number of aromatic nitrogens is 4. The van der Waals surface area contributed by atoms with Crippen LogP contribution in [0.1, 0.15) is 36.8 Å². The fourth-order valence-electron chi connectivity index (χ4n) is 2.38. The summed E-state index contributed by atoms with van der Waals surface area (Å²) in [5.41, 5.74) is 4.17. The van der Waals surface area contributed by atoms with E-state index in [0.29, 0.717) is 0 Å². The van der Waals surface area contributed by atoms with E-state index in [1.165, 1.54) is 24.1 Å². The molecule has 5 nitrogen and oxygen atoms in total. The second kappa shape index (κ2) is 5.23. The van der Waals surface area contributed by atoms with Crippen LogP contribution in [-0.2, 0) is 6.42 Å². The van der Waals surface area contributed by atoms with Crippen molar-refractivity contribution in [2.24, 2.45) is 5.92 Å². The predicted octanol–water partition coefficient (Wildman–Crippen LogP) is 2.87.